The molecule has 0 aromatic carbocycles. The second-order valence-corrected chi connectivity index (χ2v) is 8.61. The Hall–Kier alpha value is -1.34. The first-order valence-electron chi connectivity index (χ1n) is 10.4. The molecule has 182 valence electrons. The monoisotopic (exact) mass is 557 g/mol. The van der Waals surface area contributed by atoms with Gasteiger partial charge in [-0.3, -0.25) is 9.69 Å². The zero-order chi connectivity index (χ0) is 22.9. The van der Waals surface area contributed by atoms with E-state index in [4.69, 9.17) is 14.2 Å². The van der Waals surface area contributed by atoms with Crippen LogP contribution >= 0.6 is 24.0 Å². The lowest BCUT2D eigenvalue weighted by molar-refractivity contribution is -0.119. The third kappa shape index (κ3) is 10.2. The maximum Gasteiger partial charge on any atom is 0.412 e. The first-order chi connectivity index (χ1) is 13.9. The van der Waals surface area contributed by atoms with Gasteiger partial charge in [-0.15, -0.1) is 24.0 Å². The van der Waals surface area contributed by atoms with Gasteiger partial charge in [0, 0.05) is 26.7 Å². The van der Waals surface area contributed by atoms with Crippen LogP contribution in [0, 0.1) is 0 Å². The number of rotatable bonds is 8. The van der Waals surface area contributed by atoms with Crippen LogP contribution in [0.3, 0.4) is 0 Å². The van der Waals surface area contributed by atoms with Crippen LogP contribution in [0.4, 0.5) is 4.79 Å². The van der Waals surface area contributed by atoms with Gasteiger partial charge in [-0.1, -0.05) is 0 Å². The van der Waals surface area contributed by atoms with Crippen LogP contribution in [0.5, 0.6) is 0 Å². The Morgan fingerprint density at radius 1 is 1.19 bits per heavy atom. The van der Waals surface area contributed by atoms with Crippen LogP contribution in [0.1, 0.15) is 48.5 Å². The number of methoxy groups -OCH3 is 1. The van der Waals surface area contributed by atoms with Crippen molar-refractivity contribution in [3.63, 3.8) is 0 Å². The average Bonchev–Trinajstić information content (AvgIpc) is 2.84. The minimum atomic E-state index is -0.801. The number of aliphatic imine (C=N–C) groups is 1. The molecule has 2 atom stereocenters. The third-order valence-electron chi connectivity index (χ3n) is 4.35. The number of hydrogen-bond donors (Lipinski definition) is 3. The van der Waals surface area contributed by atoms with Gasteiger partial charge in [0.1, 0.15) is 17.9 Å². The number of hydrogen-bond acceptors (Lipinski definition) is 6. The summed E-state index contributed by atoms with van der Waals surface area (Å²) in [6.45, 7) is 14.9. The highest BCUT2D eigenvalue weighted by molar-refractivity contribution is 14.0. The zero-order valence-corrected chi connectivity index (χ0v) is 22.4. The summed E-state index contributed by atoms with van der Waals surface area (Å²) < 4.78 is 16.5. The van der Waals surface area contributed by atoms with Gasteiger partial charge in [0.2, 0.25) is 5.91 Å². The molecule has 0 aliphatic carbocycles. The van der Waals surface area contributed by atoms with E-state index in [0.717, 1.165) is 0 Å². The lowest BCUT2D eigenvalue weighted by Gasteiger charge is -2.35. The number of ether oxygens (including phenoxy) is 3. The van der Waals surface area contributed by atoms with E-state index in [0.29, 0.717) is 32.2 Å². The second-order valence-electron chi connectivity index (χ2n) is 8.61. The molecule has 2 unspecified atom stereocenters. The molecule has 1 saturated heterocycles. The van der Waals surface area contributed by atoms with Gasteiger partial charge >= 0.3 is 6.09 Å². The lowest BCUT2D eigenvalue weighted by Crippen LogP contribution is -2.54. The smallest absolute Gasteiger partial charge is 0.412 e. The van der Waals surface area contributed by atoms with E-state index in [2.05, 4.69) is 20.9 Å². The van der Waals surface area contributed by atoms with Crippen molar-refractivity contribution in [1.29, 1.82) is 0 Å². The van der Waals surface area contributed by atoms with Crippen LogP contribution < -0.4 is 16.0 Å². The molecule has 1 aliphatic rings. The molecule has 0 aromatic rings. The number of guanidine groups is 1. The van der Waals surface area contributed by atoms with Crippen molar-refractivity contribution in [1.82, 2.24) is 20.9 Å². The Balaban J connectivity index is 0.00000900. The zero-order valence-electron chi connectivity index (χ0n) is 20.0. The predicted molar refractivity (Wildman–Crippen MR) is 131 cm³/mol. The van der Waals surface area contributed by atoms with E-state index in [1.807, 2.05) is 48.5 Å². The van der Waals surface area contributed by atoms with E-state index in [-0.39, 0.29) is 48.6 Å². The number of halogens is 1. The van der Waals surface area contributed by atoms with Crippen molar-refractivity contribution in [2.45, 2.75) is 71.9 Å². The molecule has 1 rings (SSSR count). The van der Waals surface area contributed by atoms with Crippen LogP contribution in [0.25, 0.3) is 0 Å². The van der Waals surface area contributed by atoms with Crippen LogP contribution in [0.15, 0.2) is 4.99 Å². The topological polar surface area (TPSA) is 114 Å². The van der Waals surface area contributed by atoms with Gasteiger partial charge in [-0.05, 0) is 48.5 Å². The highest BCUT2D eigenvalue weighted by atomic mass is 127. The fraction of sp³-hybridized carbons (Fsp3) is 0.850. The fourth-order valence-corrected chi connectivity index (χ4v) is 3.17. The molecular weight excluding hydrogens is 517 g/mol. The molecular formula is C20H40IN5O5. The molecule has 1 heterocycles. The number of carbonyl (C=O) groups excluding carboxylic acids is 2. The van der Waals surface area contributed by atoms with Crippen LogP contribution in [-0.2, 0) is 19.0 Å². The van der Waals surface area contributed by atoms with Gasteiger partial charge in [0.05, 0.1) is 18.8 Å². The fourth-order valence-electron chi connectivity index (χ4n) is 3.17. The van der Waals surface area contributed by atoms with Gasteiger partial charge < -0.3 is 30.2 Å². The first-order valence-corrected chi connectivity index (χ1v) is 10.4. The molecule has 1 fully saturated rings. The summed E-state index contributed by atoms with van der Waals surface area (Å²) in [5.41, 5.74) is -1.41. The van der Waals surface area contributed by atoms with Crippen molar-refractivity contribution in [3.05, 3.63) is 0 Å². The number of nitrogens with zero attached hydrogens (tertiary/aromatic N) is 2. The van der Waals surface area contributed by atoms with Crippen LogP contribution in [0.2, 0.25) is 0 Å². The Labute approximate surface area is 203 Å². The summed E-state index contributed by atoms with van der Waals surface area (Å²) in [6.07, 6.45) is -0.636. The summed E-state index contributed by atoms with van der Waals surface area (Å²) in [7, 11) is 1.58. The molecule has 10 nitrogen and oxygen atoms in total. The highest BCUT2D eigenvalue weighted by Gasteiger charge is 2.49. The van der Waals surface area contributed by atoms with E-state index in [9.17, 15) is 9.59 Å². The summed E-state index contributed by atoms with van der Waals surface area (Å²) in [6, 6.07) is -0.269. The molecule has 2 amide bonds. The Kier molecular flexibility index (Phi) is 12.7. The summed E-state index contributed by atoms with van der Waals surface area (Å²) in [4.78, 5) is 30.6. The molecule has 0 spiro atoms. The molecule has 1 aliphatic heterocycles. The summed E-state index contributed by atoms with van der Waals surface area (Å²) in [5.74, 6) is 0.291. The SMILES string of the molecule is CCNC(=NCC(=O)NCCOC)NCC1C(C)OC(C)(C)N1C(=O)OC(C)(C)C.I. The summed E-state index contributed by atoms with van der Waals surface area (Å²) in [5, 5.41) is 9.04. The Bertz CT molecular complexity index is 609. The van der Waals surface area contributed by atoms with Gasteiger partial charge in [0.25, 0.3) is 0 Å². The Morgan fingerprint density at radius 2 is 1.84 bits per heavy atom. The predicted octanol–water partition coefficient (Wildman–Crippen LogP) is 1.68. The Morgan fingerprint density at radius 3 is 2.39 bits per heavy atom. The van der Waals surface area contributed by atoms with E-state index >= 15 is 0 Å². The highest BCUT2D eigenvalue weighted by Crippen LogP contribution is 2.33. The number of amides is 2. The van der Waals surface area contributed by atoms with E-state index < -0.39 is 17.4 Å². The maximum absolute atomic E-state index is 12.8. The summed E-state index contributed by atoms with van der Waals surface area (Å²) >= 11 is 0. The molecule has 31 heavy (non-hydrogen) atoms. The first kappa shape index (κ1) is 29.7. The van der Waals surface area contributed by atoms with Gasteiger partial charge in [0.15, 0.2) is 5.96 Å². The largest absolute Gasteiger partial charge is 0.444 e. The quantitative estimate of drug-likeness (QED) is 0.180. The average molecular weight is 557 g/mol. The minimum absolute atomic E-state index is 0. The number of carbonyl (C=O) groups is 2. The van der Waals surface area contributed by atoms with Gasteiger partial charge in [-0.2, -0.15) is 0 Å². The van der Waals surface area contributed by atoms with Gasteiger partial charge in [-0.25, -0.2) is 9.79 Å². The molecule has 11 heteroatoms. The third-order valence-corrected chi connectivity index (χ3v) is 4.35. The standard InChI is InChI=1S/C20H39N5O5.HI/c1-9-21-17(24-13-16(26)22-10-11-28-8)23-12-15-14(2)29-20(6,7)25(15)18(27)30-19(3,4)5;/h14-15H,9-13H2,1-8H3,(H,22,26)(H2,21,23,24);1H. The molecule has 0 saturated carbocycles. The second kappa shape index (κ2) is 13.3. The maximum atomic E-state index is 12.8. The normalized spacial score (nSPS) is 20.6. The molecule has 3 N–H and O–H groups in total. The van der Waals surface area contributed by atoms with Crippen molar-refractivity contribution in [3.8, 4) is 0 Å². The van der Waals surface area contributed by atoms with Crippen molar-refractivity contribution < 1.29 is 23.8 Å². The van der Waals surface area contributed by atoms with Crippen molar-refractivity contribution in [2.75, 3.05) is 39.9 Å². The number of nitrogens with one attached hydrogen (secondary N) is 3. The molecule has 0 radical (unpaired) electrons. The van der Waals surface area contributed by atoms with Crippen molar-refractivity contribution in [2.24, 2.45) is 4.99 Å². The minimum Gasteiger partial charge on any atom is -0.444 e. The lowest BCUT2D eigenvalue weighted by atomic mass is 10.1. The van der Waals surface area contributed by atoms with Crippen LogP contribution in [-0.4, -0.2) is 86.2 Å². The molecule has 0 aromatic heterocycles. The van der Waals surface area contributed by atoms with Crippen molar-refractivity contribution >= 4 is 41.9 Å². The molecule has 0 bridgehead atoms. The van der Waals surface area contributed by atoms with E-state index in [1.165, 1.54) is 0 Å². The van der Waals surface area contributed by atoms with E-state index in [1.54, 1.807) is 12.0 Å².